The lowest BCUT2D eigenvalue weighted by molar-refractivity contribution is 0.482. The number of anilines is 1. The van der Waals surface area contributed by atoms with Gasteiger partial charge in [0.15, 0.2) is 0 Å². The Kier molecular flexibility index (Phi) is 3.25. The Balaban J connectivity index is 2.34. The van der Waals surface area contributed by atoms with Gasteiger partial charge in [0, 0.05) is 11.8 Å². The second-order valence-electron chi connectivity index (χ2n) is 4.12. The number of nitrogens with two attached hydrogens (primary N) is 1. The van der Waals surface area contributed by atoms with Crippen molar-refractivity contribution in [1.29, 1.82) is 0 Å². The molecule has 0 aliphatic rings. The number of rotatable bonds is 2. The number of hydrogen-bond donors (Lipinski definition) is 1. The summed E-state index contributed by atoms with van der Waals surface area (Å²) >= 11 is 6.07. The van der Waals surface area contributed by atoms with Crippen molar-refractivity contribution in [3.05, 3.63) is 52.5 Å². The molecule has 0 aliphatic carbocycles. The fourth-order valence-corrected chi connectivity index (χ4v) is 1.81. The third-order valence-electron chi connectivity index (χ3n) is 2.39. The molecule has 0 fully saturated rings. The van der Waals surface area contributed by atoms with Gasteiger partial charge in [0.1, 0.15) is 11.5 Å². The maximum atomic E-state index is 6.07. The normalized spacial score (nSPS) is 10.3. The van der Waals surface area contributed by atoms with Gasteiger partial charge in [-0.25, -0.2) is 0 Å². The van der Waals surface area contributed by atoms with Gasteiger partial charge in [-0.1, -0.05) is 17.7 Å². The first kappa shape index (κ1) is 11.8. The van der Waals surface area contributed by atoms with E-state index in [1.54, 1.807) is 6.07 Å². The van der Waals surface area contributed by atoms with Crippen molar-refractivity contribution in [2.75, 3.05) is 5.73 Å². The Morgan fingerprint density at radius 2 is 1.76 bits per heavy atom. The molecule has 2 N–H and O–H groups in total. The van der Waals surface area contributed by atoms with Gasteiger partial charge in [0.2, 0.25) is 0 Å². The Labute approximate surface area is 106 Å². The molecule has 0 atom stereocenters. The number of aryl methyl sites for hydroxylation is 2. The maximum absolute atomic E-state index is 6.07. The van der Waals surface area contributed by atoms with E-state index >= 15 is 0 Å². The average molecular weight is 248 g/mol. The fraction of sp³-hybridized carbons (Fsp3) is 0.143. The molecule has 2 nitrogen and oxygen atoms in total. The minimum atomic E-state index is 0.593. The number of benzene rings is 2. The quantitative estimate of drug-likeness (QED) is 0.802. The van der Waals surface area contributed by atoms with Crippen LogP contribution in [0.25, 0.3) is 0 Å². The van der Waals surface area contributed by atoms with Gasteiger partial charge in [-0.3, -0.25) is 0 Å². The zero-order valence-corrected chi connectivity index (χ0v) is 10.6. The topological polar surface area (TPSA) is 35.2 Å². The van der Waals surface area contributed by atoms with Crippen molar-refractivity contribution in [2.45, 2.75) is 13.8 Å². The molecule has 3 heteroatoms. The van der Waals surface area contributed by atoms with E-state index in [4.69, 9.17) is 22.1 Å². The van der Waals surface area contributed by atoms with Crippen molar-refractivity contribution in [1.82, 2.24) is 0 Å². The maximum Gasteiger partial charge on any atom is 0.146 e. The van der Waals surface area contributed by atoms with E-state index in [1.165, 1.54) is 0 Å². The van der Waals surface area contributed by atoms with Crippen LogP contribution in [0, 0.1) is 13.8 Å². The molecule has 0 aromatic heterocycles. The molecule has 0 spiro atoms. The van der Waals surface area contributed by atoms with Gasteiger partial charge < -0.3 is 10.5 Å². The molecule has 17 heavy (non-hydrogen) atoms. The molecule has 0 radical (unpaired) electrons. The summed E-state index contributed by atoms with van der Waals surface area (Å²) in [4.78, 5) is 0. The standard InChI is InChI=1S/C14H14ClNO/c1-9-3-4-13(15)14(7-9)17-12-6-10(2)5-11(16)8-12/h3-8H,16H2,1-2H3. The molecule has 0 saturated carbocycles. The summed E-state index contributed by atoms with van der Waals surface area (Å²) in [5, 5.41) is 0.593. The monoisotopic (exact) mass is 247 g/mol. The van der Waals surface area contributed by atoms with Gasteiger partial charge in [-0.15, -0.1) is 0 Å². The smallest absolute Gasteiger partial charge is 0.146 e. The van der Waals surface area contributed by atoms with Gasteiger partial charge in [0.05, 0.1) is 5.02 Å². The molecular formula is C14H14ClNO. The molecule has 0 amide bonds. The SMILES string of the molecule is Cc1cc(N)cc(Oc2cc(C)ccc2Cl)c1. The highest BCUT2D eigenvalue weighted by Crippen LogP contribution is 2.31. The predicted octanol–water partition coefficient (Wildman–Crippen LogP) is 4.33. The molecule has 0 saturated heterocycles. The highest BCUT2D eigenvalue weighted by atomic mass is 35.5. The van der Waals surface area contributed by atoms with Crippen LogP contribution in [0.5, 0.6) is 11.5 Å². The molecule has 2 aromatic carbocycles. The Bertz CT molecular complexity index is 532. The Hall–Kier alpha value is -1.67. The molecule has 0 heterocycles. The van der Waals surface area contributed by atoms with Gasteiger partial charge in [-0.05, 0) is 49.2 Å². The third kappa shape index (κ3) is 2.92. The minimum absolute atomic E-state index is 0.593. The number of ether oxygens (including phenoxy) is 1. The molecule has 2 aromatic rings. The molecule has 88 valence electrons. The third-order valence-corrected chi connectivity index (χ3v) is 2.70. The van der Waals surface area contributed by atoms with Crippen LogP contribution in [0.2, 0.25) is 5.02 Å². The predicted molar refractivity (Wildman–Crippen MR) is 71.9 cm³/mol. The van der Waals surface area contributed by atoms with Crippen molar-refractivity contribution < 1.29 is 4.74 Å². The Morgan fingerprint density at radius 1 is 1.00 bits per heavy atom. The van der Waals surface area contributed by atoms with E-state index in [0.29, 0.717) is 22.2 Å². The van der Waals surface area contributed by atoms with Crippen LogP contribution in [0.4, 0.5) is 5.69 Å². The van der Waals surface area contributed by atoms with E-state index in [0.717, 1.165) is 11.1 Å². The van der Waals surface area contributed by atoms with E-state index in [1.807, 2.05) is 44.2 Å². The first-order valence-electron chi connectivity index (χ1n) is 5.36. The Morgan fingerprint density at radius 3 is 2.47 bits per heavy atom. The molecule has 0 bridgehead atoms. The lowest BCUT2D eigenvalue weighted by Gasteiger charge is -2.09. The van der Waals surface area contributed by atoms with Crippen molar-refractivity contribution in [3.8, 4) is 11.5 Å². The van der Waals surface area contributed by atoms with Crippen LogP contribution in [0.3, 0.4) is 0 Å². The van der Waals surface area contributed by atoms with Crippen LogP contribution in [-0.2, 0) is 0 Å². The lowest BCUT2D eigenvalue weighted by Crippen LogP contribution is -1.90. The van der Waals surface area contributed by atoms with Crippen LogP contribution in [-0.4, -0.2) is 0 Å². The fourth-order valence-electron chi connectivity index (χ4n) is 1.65. The largest absolute Gasteiger partial charge is 0.456 e. The summed E-state index contributed by atoms with van der Waals surface area (Å²) in [7, 11) is 0. The first-order chi connectivity index (χ1) is 8.04. The average Bonchev–Trinajstić information content (AvgIpc) is 2.22. The van der Waals surface area contributed by atoms with Gasteiger partial charge >= 0.3 is 0 Å². The van der Waals surface area contributed by atoms with Gasteiger partial charge in [-0.2, -0.15) is 0 Å². The summed E-state index contributed by atoms with van der Waals surface area (Å²) in [6.45, 7) is 3.97. The molecule has 2 rings (SSSR count). The molecular weight excluding hydrogens is 234 g/mol. The van der Waals surface area contributed by atoms with Crippen LogP contribution < -0.4 is 10.5 Å². The van der Waals surface area contributed by atoms with Crippen LogP contribution >= 0.6 is 11.6 Å². The first-order valence-corrected chi connectivity index (χ1v) is 5.73. The van der Waals surface area contributed by atoms with E-state index in [-0.39, 0.29) is 0 Å². The highest BCUT2D eigenvalue weighted by molar-refractivity contribution is 6.32. The summed E-state index contributed by atoms with van der Waals surface area (Å²) in [5.41, 5.74) is 8.61. The number of halogens is 1. The minimum Gasteiger partial charge on any atom is -0.456 e. The van der Waals surface area contributed by atoms with Crippen molar-refractivity contribution >= 4 is 17.3 Å². The summed E-state index contributed by atoms with van der Waals surface area (Å²) in [6.07, 6.45) is 0. The zero-order chi connectivity index (χ0) is 12.4. The molecule has 0 unspecified atom stereocenters. The summed E-state index contributed by atoms with van der Waals surface area (Å²) in [6, 6.07) is 11.3. The lowest BCUT2D eigenvalue weighted by atomic mass is 10.2. The van der Waals surface area contributed by atoms with E-state index in [2.05, 4.69) is 0 Å². The number of hydrogen-bond acceptors (Lipinski definition) is 2. The highest BCUT2D eigenvalue weighted by Gasteiger charge is 2.04. The second kappa shape index (κ2) is 4.68. The second-order valence-corrected chi connectivity index (χ2v) is 4.52. The van der Waals surface area contributed by atoms with Crippen molar-refractivity contribution in [2.24, 2.45) is 0 Å². The number of nitrogen functional groups attached to an aromatic ring is 1. The van der Waals surface area contributed by atoms with E-state index < -0.39 is 0 Å². The summed E-state index contributed by atoms with van der Waals surface area (Å²) < 4.78 is 5.74. The zero-order valence-electron chi connectivity index (χ0n) is 9.83. The van der Waals surface area contributed by atoms with E-state index in [9.17, 15) is 0 Å². The van der Waals surface area contributed by atoms with Crippen molar-refractivity contribution in [3.63, 3.8) is 0 Å². The van der Waals surface area contributed by atoms with Crippen LogP contribution in [0.15, 0.2) is 36.4 Å². The molecule has 0 aliphatic heterocycles. The van der Waals surface area contributed by atoms with Crippen LogP contribution in [0.1, 0.15) is 11.1 Å². The summed E-state index contributed by atoms with van der Waals surface area (Å²) in [5.74, 6) is 1.35. The van der Waals surface area contributed by atoms with Gasteiger partial charge in [0.25, 0.3) is 0 Å².